The van der Waals surface area contributed by atoms with Crippen LogP contribution >= 0.6 is 23.6 Å². The van der Waals surface area contributed by atoms with Gasteiger partial charge in [0.05, 0.1) is 17.2 Å². The summed E-state index contributed by atoms with van der Waals surface area (Å²) in [6, 6.07) is 11.7. The largest absolute Gasteiger partial charge is 0.350 e. The van der Waals surface area contributed by atoms with E-state index >= 15 is 0 Å². The van der Waals surface area contributed by atoms with Crippen molar-refractivity contribution in [1.29, 1.82) is 0 Å². The molecule has 3 heterocycles. The number of hydroxylamine groups is 1. The van der Waals surface area contributed by atoms with Gasteiger partial charge < -0.3 is 10.1 Å². The molecule has 2 N–H and O–H groups in total. The van der Waals surface area contributed by atoms with E-state index in [1.165, 1.54) is 11.3 Å². The van der Waals surface area contributed by atoms with Crippen LogP contribution in [0.15, 0.2) is 36.4 Å². The van der Waals surface area contributed by atoms with Crippen LogP contribution in [0.2, 0.25) is 0 Å². The lowest BCUT2D eigenvalue weighted by atomic mass is 9.94. The Balaban J connectivity index is 1.57. The number of nitrogens with one attached hydrogen (secondary N) is 2. The molecule has 2 aromatic rings. The van der Waals surface area contributed by atoms with Gasteiger partial charge in [-0.05, 0) is 61.9 Å². The Bertz CT molecular complexity index is 1160. The molecule has 0 radical (unpaired) electrons. The number of thiocarbonyl (C=S) groups is 1. The molecular weight excluding hydrogens is 504 g/mol. The van der Waals surface area contributed by atoms with Crippen molar-refractivity contribution in [3.05, 3.63) is 41.3 Å². The van der Waals surface area contributed by atoms with E-state index in [4.69, 9.17) is 21.8 Å². The molecule has 190 valence electrons. The maximum Gasteiger partial charge on any atom is 0.245 e. The summed E-state index contributed by atoms with van der Waals surface area (Å²) in [5, 5.41) is 3.22. The van der Waals surface area contributed by atoms with Crippen LogP contribution < -0.4 is 10.8 Å². The summed E-state index contributed by atoms with van der Waals surface area (Å²) in [5.41, 5.74) is 4.32. The van der Waals surface area contributed by atoms with Crippen LogP contribution in [0.5, 0.6) is 0 Å². The second kappa shape index (κ2) is 11.5. The van der Waals surface area contributed by atoms with E-state index in [9.17, 15) is 13.2 Å². The zero-order chi connectivity index (χ0) is 24.9. The van der Waals surface area contributed by atoms with Crippen LogP contribution in [-0.2, 0) is 29.0 Å². The predicted molar refractivity (Wildman–Crippen MR) is 143 cm³/mol. The average molecular weight is 537 g/mol. The Morgan fingerprint density at radius 3 is 2.83 bits per heavy atom. The molecule has 0 saturated carbocycles. The molecule has 1 aromatic heterocycles. The van der Waals surface area contributed by atoms with E-state index in [1.54, 1.807) is 0 Å². The van der Waals surface area contributed by atoms with Crippen molar-refractivity contribution in [1.82, 2.24) is 5.48 Å². The molecule has 10 heteroatoms. The number of amides is 1. The van der Waals surface area contributed by atoms with Crippen LogP contribution in [-0.4, -0.2) is 38.0 Å². The molecule has 2 aliphatic heterocycles. The van der Waals surface area contributed by atoms with E-state index in [2.05, 4.69) is 10.8 Å². The van der Waals surface area contributed by atoms with Crippen LogP contribution in [0, 0.1) is 0 Å². The number of ether oxygens (including phenoxy) is 1. The lowest BCUT2D eigenvalue weighted by Gasteiger charge is -2.35. The van der Waals surface area contributed by atoms with Crippen molar-refractivity contribution in [2.75, 3.05) is 17.7 Å². The van der Waals surface area contributed by atoms with Gasteiger partial charge in [-0.1, -0.05) is 37.7 Å². The van der Waals surface area contributed by atoms with Gasteiger partial charge >= 0.3 is 0 Å². The van der Waals surface area contributed by atoms with Gasteiger partial charge in [0.25, 0.3) is 0 Å². The number of hydrogen-bond acceptors (Lipinski definition) is 7. The third-order valence-electron chi connectivity index (χ3n) is 6.53. The highest BCUT2D eigenvalue weighted by Crippen LogP contribution is 2.47. The van der Waals surface area contributed by atoms with Gasteiger partial charge in [0.1, 0.15) is 4.75 Å². The molecule has 0 bridgehead atoms. The first-order valence-electron chi connectivity index (χ1n) is 12.1. The number of sulfone groups is 1. The molecule has 1 amide bonds. The third-order valence-corrected chi connectivity index (χ3v) is 11.0. The molecule has 4 rings (SSSR count). The molecule has 0 spiro atoms. The monoisotopic (exact) mass is 536 g/mol. The van der Waals surface area contributed by atoms with E-state index in [-0.39, 0.29) is 12.2 Å². The van der Waals surface area contributed by atoms with Crippen molar-refractivity contribution >= 4 is 50.0 Å². The summed E-state index contributed by atoms with van der Waals surface area (Å²) in [5.74, 6) is -0.368. The van der Waals surface area contributed by atoms with Crippen molar-refractivity contribution in [3.8, 4) is 10.4 Å². The van der Waals surface area contributed by atoms with Crippen molar-refractivity contribution < 1.29 is 22.8 Å². The smallest absolute Gasteiger partial charge is 0.245 e. The van der Waals surface area contributed by atoms with Gasteiger partial charge in [0.15, 0.2) is 16.1 Å². The minimum atomic E-state index is -3.54. The SMILES string of the molecule is CCC(=S)Nc1cccc(-c2ccc([C@@]3(CC(=O)NOC4CCCCO4)CCCCS3(=O)=O)s2)c1. The van der Waals surface area contributed by atoms with Crippen LogP contribution in [0.4, 0.5) is 5.69 Å². The number of thiophene rings is 1. The van der Waals surface area contributed by atoms with Crippen molar-refractivity contribution in [2.24, 2.45) is 0 Å². The molecule has 2 aliphatic rings. The van der Waals surface area contributed by atoms with Gasteiger partial charge in [-0.25, -0.2) is 18.7 Å². The molecule has 1 unspecified atom stereocenters. The van der Waals surface area contributed by atoms with Gasteiger partial charge in [-0.3, -0.25) is 4.79 Å². The number of anilines is 1. The van der Waals surface area contributed by atoms with Crippen molar-refractivity contribution in [2.45, 2.75) is 69.3 Å². The van der Waals surface area contributed by atoms with Crippen molar-refractivity contribution in [3.63, 3.8) is 0 Å². The van der Waals surface area contributed by atoms with E-state index in [1.807, 2.05) is 43.3 Å². The highest BCUT2D eigenvalue weighted by molar-refractivity contribution is 7.92. The zero-order valence-electron chi connectivity index (χ0n) is 19.9. The number of carbonyl (C=O) groups is 1. The van der Waals surface area contributed by atoms with E-state index < -0.39 is 26.8 Å². The maximum absolute atomic E-state index is 13.4. The number of carbonyl (C=O) groups excluding carboxylic acids is 1. The minimum absolute atomic E-state index is 0.0774. The topological polar surface area (TPSA) is 93.7 Å². The summed E-state index contributed by atoms with van der Waals surface area (Å²) < 4.78 is 31.1. The second-order valence-corrected chi connectivity index (χ2v) is 13.0. The first-order valence-corrected chi connectivity index (χ1v) is 15.0. The van der Waals surface area contributed by atoms with Gasteiger partial charge in [0, 0.05) is 28.5 Å². The molecule has 1 aromatic carbocycles. The summed E-state index contributed by atoms with van der Waals surface area (Å²) in [6.45, 7) is 2.59. The molecule has 7 nitrogen and oxygen atoms in total. The highest BCUT2D eigenvalue weighted by Gasteiger charge is 2.49. The fourth-order valence-corrected chi connectivity index (χ4v) is 8.48. The Hall–Kier alpha value is -1.85. The maximum atomic E-state index is 13.4. The predicted octanol–water partition coefficient (Wildman–Crippen LogP) is 5.32. The van der Waals surface area contributed by atoms with E-state index in [0.717, 1.165) is 46.8 Å². The fraction of sp³-hybridized carbons (Fsp3) is 0.520. The van der Waals surface area contributed by atoms with Crippen LogP contribution in [0.3, 0.4) is 0 Å². The summed E-state index contributed by atoms with van der Waals surface area (Å²) in [7, 11) is -3.54. The van der Waals surface area contributed by atoms with E-state index in [0.29, 0.717) is 30.7 Å². The van der Waals surface area contributed by atoms with Gasteiger partial charge in [-0.15, -0.1) is 11.3 Å². The molecular formula is C25H32N2O5S3. The fourth-order valence-electron chi connectivity index (χ4n) is 4.58. The van der Waals surface area contributed by atoms with Crippen LogP contribution in [0.25, 0.3) is 10.4 Å². The van der Waals surface area contributed by atoms with Crippen LogP contribution in [0.1, 0.15) is 63.2 Å². The Morgan fingerprint density at radius 1 is 1.23 bits per heavy atom. The Morgan fingerprint density at radius 2 is 2.09 bits per heavy atom. The number of rotatable bonds is 8. The molecule has 2 saturated heterocycles. The van der Waals surface area contributed by atoms with Gasteiger partial charge in [0.2, 0.25) is 5.91 Å². The number of hydrogen-bond donors (Lipinski definition) is 2. The first kappa shape index (κ1) is 26.2. The zero-order valence-corrected chi connectivity index (χ0v) is 22.3. The summed E-state index contributed by atoms with van der Waals surface area (Å²) in [4.78, 5) is 20.7. The highest BCUT2D eigenvalue weighted by atomic mass is 32.2. The molecule has 35 heavy (non-hydrogen) atoms. The average Bonchev–Trinajstić information content (AvgIpc) is 3.36. The number of benzene rings is 1. The summed E-state index contributed by atoms with van der Waals surface area (Å²) >= 11 is 6.73. The minimum Gasteiger partial charge on any atom is -0.350 e. The first-order chi connectivity index (χ1) is 16.8. The summed E-state index contributed by atoms with van der Waals surface area (Å²) in [6.07, 6.45) is 4.51. The quantitative estimate of drug-likeness (QED) is 0.348. The molecule has 2 atom stereocenters. The molecule has 2 fully saturated rings. The standard InChI is InChI=1S/C25H32N2O5S3/c1-2-23(33)26-19-9-7-8-18(16-19)20-11-12-21(34-20)25(13-4-6-15-35(25,29)30)17-22(28)27-32-24-10-3-5-14-31-24/h7-9,11-12,16,24H,2-6,10,13-15,17H2,1H3,(H,26,33)(H,27,28)/t24?,25-/m0/s1. The molecule has 0 aliphatic carbocycles. The lowest BCUT2D eigenvalue weighted by Crippen LogP contribution is -2.45. The Labute approximate surface area is 216 Å². The lowest BCUT2D eigenvalue weighted by molar-refractivity contribution is -0.200. The Kier molecular flexibility index (Phi) is 8.59. The second-order valence-electron chi connectivity index (χ2n) is 9.03. The third kappa shape index (κ3) is 6.11. The van der Waals surface area contributed by atoms with Gasteiger partial charge in [-0.2, -0.15) is 0 Å². The normalized spacial score (nSPS) is 24.0.